The van der Waals surface area contributed by atoms with Gasteiger partial charge in [-0.2, -0.15) is 0 Å². The minimum Gasteiger partial charge on any atom is -0.507 e. The molecule has 5 rings (SSSR count). The molecule has 2 amide bonds. The van der Waals surface area contributed by atoms with Crippen LogP contribution in [0.4, 0.5) is 4.79 Å². The molecule has 1 aliphatic heterocycles. The van der Waals surface area contributed by atoms with Crippen LogP contribution in [0.15, 0.2) is 59.2 Å². The summed E-state index contributed by atoms with van der Waals surface area (Å²) < 4.78 is 5.30. The molecular formula is C29H37N3O3. The van der Waals surface area contributed by atoms with E-state index in [0.29, 0.717) is 12.5 Å². The first-order valence-electron chi connectivity index (χ1n) is 12.8. The molecule has 0 bridgehead atoms. The number of amides is 2. The standard InChI is InChI=1S/C29H37N3O3/c1-30(2)29(24-8-5-9-25(33)18-24)16-14-28(15-17-29)21-31(19-23-10-12-26(35-3)13-11-23)27(34)32(28)20-22-6-4-7-22/h9-13,18,22,33H,4,6-7,14-17,19-21H2,1-3H3. The maximum absolute atomic E-state index is 13.8. The first-order chi connectivity index (χ1) is 16.8. The summed E-state index contributed by atoms with van der Waals surface area (Å²) in [6.45, 7) is 2.27. The lowest BCUT2D eigenvalue weighted by molar-refractivity contribution is 0.0366. The highest BCUT2D eigenvalue weighted by Gasteiger charge is 2.55. The molecule has 1 spiro atoms. The van der Waals surface area contributed by atoms with Gasteiger partial charge in [-0.25, -0.2) is 4.79 Å². The Morgan fingerprint density at radius 2 is 1.86 bits per heavy atom. The number of benzene rings is 1. The van der Waals surface area contributed by atoms with Crippen molar-refractivity contribution >= 4 is 6.03 Å². The summed E-state index contributed by atoms with van der Waals surface area (Å²) in [5.74, 6) is 1.69. The van der Waals surface area contributed by atoms with Crippen LogP contribution in [0.25, 0.3) is 0 Å². The number of aliphatic hydroxyl groups is 1. The summed E-state index contributed by atoms with van der Waals surface area (Å²) in [6.07, 6.45) is 10.8. The fourth-order valence-electron chi connectivity index (χ4n) is 6.34. The zero-order chi connectivity index (χ0) is 24.6. The molecule has 6 nitrogen and oxygen atoms in total. The number of rotatable bonds is 7. The van der Waals surface area contributed by atoms with Crippen LogP contribution in [0, 0.1) is 5.92 Å². The van der Waals surface area contributed by atoms with Gasteiger partial charge in [-0.05, 0) is 82.3 Å². The monoisotopic (exact) mass is 475 g/mol. The number of ether oxygens (including phenoxy) is 1. The number of carbonyl (C=O) groups excluding carboxylic acids is 1. The molecule has 1 heterocycles. The number of allylic oxidation sites excluding steroid dienone is 1. The Kier molecular flexibility index (Phi) is 6.31. The van der Waals surface area contributed by atoms with Gasteiger partial charge in [0.2, 0.25) is 0 Å². The van der Waals surface area contributed by atoms with E-state index in [4.69, 9.17) is 4.74 Å². The third-order valence-electron chi connectivity index (χ3n) is 8.84. The first kappa shape index (κ1) is 23.8. The van der Waals surface area contributed by atoms with Crippen LogP contribution >= 0.6 is 0 Å². The van der Waals surface area contributed by atoms with E-state index in [0.717, 1.165) is 55.7 Å². The maximum Gasteiger partial charge on any atom is 0.320 e. The third kappa shape index (κ3) is 4.31. The van der Waals surface area contributed by atoms with Crippen molar-refractivity contribution in [1.82, 2.24) is 14.7 Å². The Hall–Kier alpha value is -2.91. The van der Waals surface area contributed by atoms with E-state index in [1.165, 1.54) is 19.3 Å². The van der Waals surface area contributed by atoms with Crippen molar-refractivity contribution in [3.63, 3.8) is 0 Å². The fourth-order valence-corrected chi connectivity index (χ4v) is 6.34. The molecule has 3 fully saturated rings. The molecule has 186 valence electrons. The first-order valence-corrected chi connectivity index (χ1v) is 12.8. The molecule has 0 atom stereocenters. The minimum atomic E-state index is -0.213. The number of methoxy groups -OCH3 is 1. The number of likely N-dealkylation sites (N-methyl/N-ethyl adjacent to an activating group) is 1. The molecular weight excluding hydrogens is 438 g/mol. The summed E-state index contributed by atoms with van der Waals surface area (Å²) in [6, 6.07) is 8.22. The lowest BCUT2D eigenvalue weighted by atomic mass is 9.67. The lowest BCUT2D eigenvalue weighted by Crippen LogP contribution is -2.58. The Morgan fingerprint density at radius 3 is 2.43 bits per heavy atom. The van der Waals surface area contributed by atoms with Crippen molar-refractivity contribution in [3.8, 4) is 5.75 Å². The molecule has 1 aromatic carbocycles. The molecule has 0 radical (unpaired) electrons. The van der Waals surface area contributed by atoms with Gasteiger partial charge in [-0.1, -0.05) is 30.0 Å². The zero-order valence-electron chi connectivity index (χ0n) is 21.2. The van der Waals surface area contributed by atoms with E-state index in [1.54, 1.807) is 13.2 Å². The summed E-state index contributed by atoms with van der Waals surface area (Å²) in [4.78, 5) is 20.3. The predicted molar refractivity (Wildman–Crippen MR) is 136 cm³/mol. The highest BCUT2D eigenvalue weighted by atomic mass is 16.5. The minimum absolute atomic E-state index is 0.140. The van der Waals surface area contributed by atoms with Crippen molar-refractivity contribution in [1.29, 1.82) is 0 Å². The van der Waals surface area contributed by atoms with Gasteiger partial charge >= 0.3 is 6.03 Å². The summed E-state index contributed by atoms with van der Waals surface area (Å²) in [7, 11) is 5.89. The van der Waals surface area contributed by atoms with Crippen LogP contribution in [-0.4, -0.2) is 71.2 Å². The smallest absolute Gasteiger partial charge is 0.320 e. The number of hydrogen-bond donors (Lipinski definition) is 1. The Bertz CT molecular complexity index is 1090. The molecule has 4 aliphatic rings. The second kappa shape index (κ2) is 9.28. The van der Waals surface area contributed by atoms with Crippen molar-refractivity contribution in [2.75, 3.05) is 34.3 Å². The van der Waals surface area contributed by atoms with Gasteiger partial charge in [-0.3, -0.25) is 4.90 Å². The summed E-state index contributed by atoms with van der Waals surface area (Å²) >= 11 is 0. The molecule has 2 saturated carbocycles. The second-order valence-corrected chi connectivity index (χ2v) is 10.9. The van der Waals surface area contributed by atoms with Gasteiger partial charge in [-0.15, -0.1) is 0 Å². The average Bonchev–Trinajstić information content (AvgIpc) is 3.07. The van der Waals surface area contributed by atoms with Crippen LogP contribution in [0.3, 0.4) is 0 Å². The highest BCUT2D eigenvalue weighted by Crippen LogP contribution is 2.48. The quantitative estimate of drug-likeness (QED) is 0.562. The molecule has 0 aromatic heterocycles. The van der Waals surface area contributed by atoms with E-state index in [9.17, 15) is 9.90 Å². The largest absolute Gasteiger partial charge is 0.507 e. The second-order valence-electron chi connectivity index (χ2n) is 10.9. The Balaban J connectivity index is 1.39. The van der Waals surface area contributed by atoms with Gasteiger partial charge < -0.3 is 19.6 Å². The number of hydrogen-bond acceptors (Lipinski definition) is 4. The Morgan fingerprint density at radius 1 is 1.14 bits per heavy atom. The summed E-state index contributed by atoms with van der Waals surface area (Å²) in [5, 5.41) is 10.1. The zero-order valence-corrected chi connectivity index (χ0v) is 21.2. The van der Waals surface area contributed by atoms with Crippen LogP contribution in [0.2, 0.25) is 0 Å². The highest BCUT2D eigenvalue weighted by molar-refractivity contribution is 5.78. The molecule has 6 heteroatoms. The predicted octanol–water partition coefficient (Wildman–Crippen LogP) is 5.04. The average molecular weight is 476 g/mol. The maximum atomic E-state index is 13.8. The molecule has 1 saturated heterocycles. The van der Waals surface area contributed by atoms with Crippen LogP contribution in [-0.2, 0) is 6.54 Å². The molecule has 1 aromatic rings. The van der Waals surface area contributed by atoms with Gasteiger partial charge in [0.05, 0.1) is 18.2 Å². The molecule has 0 unspecified atom stereocenters. The van der Waals surface area contributed by atoms with Crippen LogP contribution in [0.1, 0.15) is 50.5 Å². The van der Waals surface area contributed by atoms with E-state index in [1.807, 2.05) is 18.2 Å². The van der Waals surface area contributed by atoms with Crippen molar-refractivity contribution in [2.45, 2.75) is 62.6 Å². The van der Waals surface area contributed by atoms with Crippen molar-refractivity contribution in [3.05, 3.63) is 64.8 Å². The topological polar surface area (TPSA) is 56.3 Å². The van der Waals surface area contributed by atoms with E-state index in [2.05, 4.69) is 52.4 Å². The van der Waals surface area contributed by atoms with E-state index < -0.39 is 0 Å². The Labute approximate surface area is 208 Å². The SMILES string of the molecule is COc1ccc(CN2CC3(CCC(C4=C=C=CC(O)=C4)(N(C)C)CC3)N(CC3CCC3)C2=O)cc1. The number of nitrogens with zero attached hydrogens (tertiary/aromatic N) is 3. The number of urea groups is 1. The van der Waals surface area contributed by atoms with Crippen LogP contribution < -0.4 is 4.74 Å². The van der Waals surface area contributed by atoms with Crippen molar-refractivity contribution in [2.24, 2.45) is 5.92 Å². The van der Waals surface area contributed by atoms with E-state index in [-0.39, 0.29) is 22.9 Å². The normalized spacial score (nSPS) is 28.5. The number of carbonyl (C=O) groups is 1. The lowest BCUT2D eigenvalue weighted by Gasteiger charge is -2.51. The number of aliphatic hydroxyl groups excluding tert-OH is 1. The van der Waals surface area contributed by atoms with Gasteiger partial charge in [0.15, 0.2) is 0 Å². The van der Waals surface area contributed by atoms with Gasteiger partial charge in [0.25, 0.3) is 0 Å². The molecule has 3 aliphatic carbocycles. The molecule has 35 heavy (non-hydrogen) atoms. The van der Waals surface area contributed by atoms with Crippen molar-refractivity contribution < 1.29 is 14.6 Å². The van der Waals surface area contributed by atoms with Gasteiger partial charge in [0.1, 0.15) is 11.5 Å². The fraction of sp³-hybridized carbons (Fsp3) is 0.552. The summed E-state index contributed by atoms with van der Waals surface area (Å²) in [5.41, 5.74) is 8.02. The van der Waals surface area contributed by atoms with Crippen LogP contribution in [0.5, 0.6) is 5.75 Å². The van der Waals surface area contributed by atoms with Gasteiger partial charge in [0, 0.05) is 31.3 Å². The molecule has 1 N–H and O–H groups in total. The third-order valence-corrected chi connectivity index (χ3v) is 8.84. The van der Waals surface area contributed by atoms with E-state index >= 15 is 0 Å².